The Hall–Kier alpha value is -2.83. The zero-order valence-electron chi connectivity index (χ0n) is 11.8. The van der Waals surface area contributed by atoms with Gasteiger partial charge in [0.05, 0.1) is 6.61 Å². The number of nitrogens with zero attached hydrogens (tertiary/aromatic N) is 3. The molecule has 7 heteroatoms. The standard InChI is InChI=1S/C14H15N5O2/c1-3-21-10-6-4-9(5-7-10)19-11-12(18-14(19)15)16-8(2)17-13(11)20/h4-7H,3H2,1-2H3,(H3,15,16,17,18,20). The number of aromatic nitrogens is 4. The molecule has 0 bridgehead atoms. The fourth-order valence-electron chi connectivity index (χ4n) is 2.24. The number of nitrogens with two attached hydrogens (primary N) is 1. The SMILES string of the molecule is CCOc1ccc(-n2c(N)nc3nc(C)[nH]c(=O)c32)cc1. The van der Waals surface area contributed by atoms with Crippen LogP contribution in [0.2, 0.25) is 0 Å². The molecule has 0 amide bonds. The summed E-state index contributed by atoms with van der Waals surface area (Å²) in [6.45, 7) is 4.22. The summed E-state index contributed by atoms with van der Waals surface area (Å²) in [5, 5.41) is 0. The first-order valence-electron chi connectivity index (χ1n) is 6.58. The van der Waals surface area contributed by atoms with Crippen LogP contribution >= 0.6 is 0 Å². The molecule has 2 aromatic heterocycles. The Morgan fingerprint density at radius 2 is 2.00 bits per heavy atom. The lowest BCUT2D eigenvalue weighted by atomic mass is 10.3. The Labute approximate surface area is 120 Å². The molecule has 108 valence electrons. The number of hydrogen-bond donors (Lipinski definition) is 2. The number of ether oxygens (including phenoxy) is 1. The number of benzene rings is 1. The van der Waals surface area contributed by atoms with E-state index in [4.69, 9.17) is 10.5 Å². The third kappa shape index (κ3) is 2.22. The number of fused-ring (bicyclic) bond motifs is 1. The van der Waals surface area contributed by atoms with Gasteiger partial charge in [0.1, 0.15) is 11.6 Å². The van der Waals surface area contributed by atoms with Crippen molar-refractivity contribution >= 4 is 17.1 Å². The summed E-state index contributed by atoms with van der Waals surface area (Å²) in [6.07, 6.45) is 0. The Balaban J connectivity index is 2.20. The van der Waals surface area contributed by atoms with Crippen LogP contribution < -0.4 is 16.0 Å². The first kappa shape index (κ1) is 13.2. The first-order valence-corrected chi connectivity index (χ1v) is 6.58. The molecule has 7 nitrogen and oxygen atoms in total. The van der Waals surface area contributed by atoms with E-state index in [9.17, 15) is 4.79 Å². The van der Waals surface area contributed by atoms with Crippen LogP contribution in [0.15, 0.2) is 29.1 Å². The monoisotopic (exact) mass is 285 g/mol. The number of nitrogens with one attached hydrogen (secondary N) is 1. The van der Waals surface area contributed by atoms with Gasteiger partial charge in [0.2, 0.25) is 5.95 Å². The number of nitrogen functional groups attached to an aromatic ring is 1. The minimum absolute atomic E-state index is 0.220. The van der Waals surface area contributed by atoms with Crippen molar-refractivity contribution in [1.29, 1.82) is 0 Å². The summed E-state index contributed by atoms with van der Waals surface area (Å²) in [5.41, 5.74) is 7.06. The minimum Gasteiger partial charge on any atom is -0.494 e. The van der Waals surface area contributed by atoms with E-state index in [2.05, 4.69) is 15.0 Å². The second kappa shape index (κ2) is 4.93. The molecule has 0 saturated heterocycles. The highest BCUT2D eigenvalue weighted by Crippen LogP contribution is 2.21. The topological polar surface area (TPSA) is 98.8 Å². The summed E-state index contributed by atoms with van der Waals surface area (Å²) < 4.78 is 6.98. The highest BCUT2D eigenvalue weighted by Gasteiger charge is 2.15. The molecular weight excluding hydrogens is 270 g/mol. The van der Waals surface area contributed by atoms with Crippen LogP contribution in [0.1, 0.15) is 12.7 Å². The molecule has 3 aromatic rings. The van der Waals surface area contributed by atoms with Gasteiger partial charge >= 0.3 is 0 Å². The van der Waals surface area contributed by atoms with Crippen LogP contribution in [0.3, 0.4) is 0 Å². The van der Waals surface area contributed by atoms with Gasteiger partial charge in [-0.25, -0.2) is 4.98 Å². The molecule has 0 fully saturated rings. The van der Waals surface area contributed by atoms with E-state index in [1.54, 1.807) is 11.5 Å². The zero-order valence-corrected chi connectivity index (χ0v) is 11.8. The van der Waals surface area contributed by atoms with Crippen LogP contribution in [-0.4, -0.2) is 26.1 Å². The van der Waals surface area contributed by atoms with Crippen LogP contribution in [0, 0.1) is 6.92 Å². The molecule has 0 unspecified atom stereocenters. The van der Waals surface area contributed by atoms with Crippen molar-refractivity contribution in [1.82, 2.24) is 19.5 Å². The van der Waals surface area contributed by atoms with Gasteiger partial charge in [-0.2, -0.15) is 4.98 Å². The van der Waals surface area contributed by atoms with Crippen LogP contribution in [-0.2, 0) is 0 Å². The highest BCUT2D eigenvalue weighted by atomic mass is 16.5. The Morgan fingerprint density at radius 1 is 1.29 bits per heavy atom. The molecular formula is C14H15N5O2. The van der Waals surface area contributed by atoms with E-state index in [0.717, 1.165) is 11.4 Å². The van der Waals surface area contributed by atoms with E-state index < -0.39 is 0 Å². The number of H-pyrrole nitrogens is 1. The second-order valence-corrected chi connectivity index (χ2v) is 4.56. The quantitative estimate of drug-likeness (QED) is 0.757. The third-order valence-electron chi connectivity index (χ3n) is 3.07. The number of aromatic amines is 1. The largest absolute Gasteiger partial charge is 0.494 e. The number of hydrogen-bond acceptors (Lipinski definition) is 5. The smallest absolute Gasteiger partial charge is 0.277 e. The van der Waals surface area contributed by atoms with Gasteiger partial charge < -0.3 is 15.5 Å². The maximum atomic E-state index is 12.1. The molecule has 0 atom stereocenters. The Bertz CT molecular complexity index is 848. The number of aryl methyl sites for hydroxylation is 1. The lowest BCUT2D eigenvalue weighted by molar-refractivity contribution is 0.340. The number of imidazole rings is 1. The molecule has 0 aliphatic carbocycles. The zero-order chi connectivity index (χ0) is 15.0. The van der Waals surface area contributed by atoms with Crippen molar-refractivity contribution in [3.8, 4) is 11.4 Å². The molecule has 3 N–H and O–H groups in total. The molecule has 1 aromatic carbocycles. The lowest BCUT2D eigenvalue weighted by Crippen LogP contribution is -2.13. The van der Waals surface area contributed by atoms with Crippen molar-refractivity contribution in [2.75, 3.05) is 12.3 Å². The van der Waals surface area contributed by atoms with Crippen molar-refractivity contribution in [3.63, 3.8) is 0 Å². The van der Waals surface area contributed by atoms with Gasteiger partial charge in [-0.15, -0.1) is 0 Å². The van der Waals surface area contributed by atoms with Gasteiger partial charge in [-0.1, -0.05) is 0 Å². The van der Waals surface area contributed by atoms with Gasteiger partial charge in [0.15, 0.2) is 11.2 Å². The van der Waals surface area contributed by atoms with Crippen molar-refractivity contribution in [3.05, 3.63) is 40.4 Å². The maximum absolute atomic E-state index is 12.1. The van der Waals surface area contributed by atoms with E-state index in [0.29, 0.717) is 23.6 Å². The molecule has 0 spiro atoms. The molecule has 21 heavy (non-hydrogen) atoms. The number of rotatable bonds is 3. The van der Waals surface area contributed by atoms with Crippen LogP contribution in [0.4, 0.5) is 5.95 Å². The molecule has 2 heterocycles. The Kier molecular flexibility index (Phi) is 3.09. The summed E-state index contributed by atoms with van der Waals surface area (Å²) in [6, 6.07) is 7.28. The van der Waals surface area contributed by atoms with E-state index >= 15 is 0 Å². The van der Waals surface area contributed by atoms with E-state index in [-0.39, 0.29) is 11.5 Å². The Morgan fingerprint density at radius 3 is 2.67 bits per heavy atom. The summed E-state index contributed by atoms with van der Waals surface area (Å²) >= 11 is 0. The molecule has 0 radical (unpaired) electrons. The van der Waals surface area contributed by atoms with Crippen molar-refractivity contribution < 1.29 is 4.74 Å². The van der Waals surface area contributed by atoms with Crippen LogP contribution in [0.25, 0.3) is 16.9 Å². The fraction of sp³-hybridized carbons (Fsp3) is 0.214. The minimum atomic E-state index is -0.268. The average Bonchev–Trinajstić information content (AvgIpc) is 2.76. The molecule has 3 rings (SSSR count). The predicted octanol–water partition coefficient (Wildman–Crippen LogP) is 1.40. The van der Waals surface area contributed by atoms with Crippen molar-refractivity contribution in [2.45, 2.75) is 13.8 Å². The first-order chi connectivity index (χ1) is 10.1. The third-order valence-corrected chi connectivity index (χ3v) is 3.07. The average molecular weight is 285 g/mol. The van der Waals surface area contributed by atoms with Crippen LogP contribution in [0.5, 0.6) is 5.75 Å². The number of anilines is 1. The normalized spacial score (nSPS) is 11.0. The highest BCUT2D eigenvalue weighted by molar-refractivity contribution is 5.76. The molecule has 0 aliphatic heterocycles. The second-order valence-electron chi connectivity index (χ2n) is 4.56. The summed E-state index contributed by atoms with van der Waals surface area (Å²) in [4.78, 5) is 23.1. The summed E-state index contributed by atoms with van der Waals surface area (Å²) in [5.74, 6) is 1.48. The maximum Gasteiger partial charge on any atom is 0.277 e. The molecule has 0 saturated carbocycles. The van der Waals surface area contributed by atoms with Gasteiger partial charge in [-0.3, -0.25) is 9.36 Å². The molecule has 0 aliphatic rings. The van der Waals surface area contributed by atoms with Gasteiger partial charge in [0.25, 0.3) is 5.56 Å². The summed E-state index contributed by atoms with van der Waals surface area (Å²) in [7, 11) is 0. The van der Waals surface area contributed by atoms with Gasteiger partial charge in [-0.05, 0) is 38.1 Å². The van der Waals surface area contributed by atoms with Crippen molar-refractivity contribution in [2.24, 2.45) is 0 Å². The van der Waals surface area contributed by atoms with E-state index in [1.807, 2.05) is 31.2 Å². The van der Waals surface area contributed by atoms with E-state index in [1.165, 1.54) is 0 Å². The lowest BCUT2D eigenvalue weighted by Gasteiger charge is -2.07. The fourth-order valence-corrected chi connectivity index (χ4v) is 2.24. The van der Waals surface area contributed by atoms with Gasteiger partial charge in [0, 0.05) is 5.69 Å². The predicted molar refractivity (Wildman–Crippen MR) is 79.8 cm³/mol.